The zero-order chi connectivity index (χ0) is 20.4. The molecule has 0 bridgehead atoms. The Morgan fingerprint density at radius 2 is 1.52 bits per heavy atom. The van der Waals surface area contributed by atoms with Crippen LogP contribution in [-0.2, 0) is 9.84 Å². The first-order valence-corrected chi connectivity index (χ1v) is 11.4. The van der Waals surface area contributed by atoms with Crippen LogP contribution >= 0.6 is 0 Å². The van der Waals surface area contributed by atoms with Crippen molar-refractivity contribution < 1.29 is 12.8 Å². The van der Waals surface area contributed by atoms with E-state index in [0.29, 0.717) is 12.2 Å². The molecule has 148 valence electrons. The number of sulfone groups is 1. The third kappa shape index (κ3) is 4.25. The summed E-state index contributed by atoms with van der Waals surface area (Å²) in [6.45, 7) is 0.610. The van der Waals surface area contributed by atoms with Gasteiger partial charge in [0.1, 0.15) is 5.82 Å². The van der Waals surface area contributed by atoms with Crippen LogP contribution in [0.3, 0.4) is 0 Å². The third-order valence-electron chi connectivity index (χ3n) is 5.20. The van der Waals surface area contributed by atoms with Crippen molar-refractivity contribution in [1.82, 2.24) is 4.90 Å². The molecule has 1 aliphatic heterocycles. The second-order valence-corrected chi connectivity index (χ2v) is 9.25. The van der Waals surface area contributed by atoms with Gasteiger partial charge < -0.3 is 4.90 Å². The van der Waals surface area contributed by atoms with Crippen molar-refractivity contribution in [1.29, 1.82) is 0 Å². The number of hydrogen-bond donors (Lipinski definition) is 0. The minimum absolute atomic E-state index is 0.116. The fourth-order valence-corrected chi connectivity index (χ4v) is 4.67. The highest BCUT2D eigenvalue weighted by Crippen LogP contribution is 2.46. The number of hydrogen-bond acceptors (Lipinski definition) is 3. The first-order valence-electron chi connectivity index (χ1n) is 9.46. The van der Waals surface area contributed by atoms with Crippen LogP contribution in [0, 0.1) is 5.82 Å². The highest BCUT2D eigenvalue weighted by atomic mass is 32.2. The molecule has 4 rings (SSSR count). The monoisotopic (exact) mass is 407 g/mol. The third-order valence-corrected chi connectivity index (χ3v) is 5.87. The van der Waals surface area contributed by atoms with Crippen LogP contribution < -0.4 is 0 Å². The SMILES string of the molecule is CS(=O)(=O)C=C1C(c2cccc(F)c2)CN1C(c1ccccc1)c1ccccc1. The van der Waals surface area contributed by atoms with E-state index in [1.54, 1.807) is 6.07 Å². The van der Waals surface area contributed by atoms with E-state index in [1.165, 1.54) is 23.8 Å². The van der Waals surface area contributed by atoms with Crippen molar-refractivity contribution in [3.05, 3.63) is 119 Å². The summed E-state index contributed by atoms with van der Waals surface area (Å²) in [7, 11) is -3.36. The van der Waals surface area contributed by atoms with Gasteiger partial charge in [0.15, 0.2) is 9.84 Å². The molecule has 0 spiro atoms. The fourth-order valence-electron chi connectivity index (χ4n) is 3.93. The minimum atomic E-state index is -3.36. The van der Waals surface area contributed by atoms with Gasteiger partial charge in [-0.05, 0) is 28.8 Å². The number of benzene rings is 3. The van der Waals surface area contributed by atoms with Gasteiger partial charge in [0.25, 0.3) is 0 Å². The Kier molecular flexibility index (Phi) is 5.24. The van der Waals surface area contributed by atoms with Crippen LogP contribution in [0.1, 0.15) is 28.7 Å². The molecule has 29 heavy (non-hydrogen) atoms. The van der Waals surface area contributed by atoms with Crippen LogP contribution in [0.15, 0.2) is 96.0 Å². The second-order valence-electron chi connectivity index (χ2n) is 7.36. The largest absolute Gasteiger partial charge is 0.362 e. The van der Waals surface area contributed by atoms with E-state index in [-0.39, 0.29) is 17.8 Å². The zero-order valence-electron chi connectivity index (χ0n) is 16.1. The average Bonchev–Trinajstić information content (AvgIpc) is 2.70. The quantitative estimate of drug-likeness (QED) is 0.604. The Morgan fingerprint density at radius 1 is 0.931 bits per heavy atom. The second kappa shape index (κ2) is 7.84. The molecule has 0 saturated carbocycles. The standard InChI is InChI=1S/C24H22FNO2S/c1-29(27,28)17-23-22(20-13-8-14-21(25)15-20)16-26(23)24(18-9-4-2-5-10-18)19-11-6-3-7-12-19/h2-15,17,22,24H,16H2,1H3. The molecule has 3 nitrogen and oxygen atoms in total. The lowest BCUT2D eigenvalue weighted by atomic mass is 9.83. The molecule has 1 saturated heterocycles. The summed E-state index contributed by atoms with van der Waals surface area (Å²) in [5.74, 6) is -0.474. The van der Waals surface area contributed by atoms with E-state index in [1.807, 2.05) is 66.7 Å². The summed E-state index contributed by atoms with van der Waals surface area (Å²) in [5.41, 5.74) is 3.64. The summed E-state index contributed by atoms with van der Waals surface area (Å²) in [4.78, 5) is 2.10. The van der Waals surface area contributed by atoms with Crippen molar-refractivity contribution in [2.45, 2.75) is 12.0 Å². The molecule has 1 aliphatic rings. The van der Waals surface area contributed by atoms with Crippen molar-refractivity contribution in [2.75, 3.05) is 12.8 Å². The van der Waals surface area contributed by atoms with Crippen LogP contribution in [0.25, 0.3) is 0 Å². The van der Waals surface area contributed by atoms with Gasteiger partial charge in [0.2, 0.25) is 0 Å². The molecule has 0 N–H and O–H groups in total. The van der Waals surface area contributed by atoms with Gasteiger partial charge in [-0.3, -0.25) is 0 Å². The predicted molar refractivity (Wildman–Crippen MR) is 114 cm³/mol. The maximum Gasteiger partial charge on any atom is 0.170 e. The highest BCUT2D eigenvalue weighted by Gasteiger charge is 2.40. The Labute approximate surface area is 171 Å². The number of nitrogens with zero attached hydrogens (tertiary/aromatic N) is 1. The molecule has 1 unspecified atom stereocenters. The molecule has 1 atom stereocenters. The Bertz CT molecular complexity index is 1090. The van der Waals surface area contributed by atoms with Gasteiger partial charge in [0.05, 0.1) is 11.4 Å². The van der Waals surface area contributed by atoms with E-state index in [4.69, 9.17) is 0 Å². The van der Waals surface area contributed by atoms with Gasteiger partial charge in [-0.25, -0.2) is 12.8 Å². The van der Waals surface area contributed by atoms with Crippen LogP contribution in [0.5, 0.6) is 0 Å². The fraction of sp³-hybridized carbons (Fsp3) is 0.167. The van der Waals surface area contributed by atoms with E-state index < -0.39 is 9.84 Å². The molecule has 1 heterocycles. The van der Waals surface area contributed by atoms with Gasteiger partial charge in [0, 0.05) is 24.4 Å². The maximum absolute atomic E-state index is 13.8. The van der Waals surface area contributed by atoms with Gasteiger partial charge >= 0.3 is 0 Å². The molecular formula is C24H22FNO2S. The minimum Gasteiger partial charge on any atom is -0.362 e. The average molecular weight is 408 g/mol. The van der Waals surface area contributed by atoms with Gasteiger partial charge in [-0.1, -0.05) is 72.8 Å². The maximum atomic E-state index is 13.8. The van der Waals surface area contributed by atoms with Gasteiger partial charge in [-0.2, -0.15) is 0 Å². The summed E-state index contributed by atoms with van der Waals surface area (Å²) in [6.07, 6.45) is 1.19. The lowest BCUT2D eigenvalue weighted by molar-refractivity contribution is 0.182. The zero-order valence-corrected chi connectivity index (χ0v) is 16.9. The molecule has 5 heteroatoms. The molecule has 3 aromatic carbocycles. The van der Waals surface area contributed by atoms with E-state index >= 15 is 0 Å². The highest BCUT2D eigenvalue weighted by molar-refractivity contribution is 7.93. The lowest BCUT2D eigenvalue weighted by Crippen LogP contribution is -2.45. The summed E-state index contributed by atoms with van der Waals surface area (Å²) < 4.78 is 38.1. The first kappa shape index (κ1) is 19.4. The molecule has 0 aliphatic carbocycles. The molecule has 1 fully saturated rings. The Balaban J connectivity index is 1.79. The summed E-state index contributed by atoms with van der Waals surface area (Å²) in [6, 6.07) is 26.3. The molecule has 0 amide bonds. The van der Waals surface area contributed by atoms with Crippen molar-refractivity contribution >= 4 is 9.84 Å². The first-order chi connectivity index (χ1) is 13.9. The molecule has 3 aromatic rings. The molecule has 0 radical (unpaired) electrons. The number of halogens is 1. The van der Waals surface area contributed by atoms with Crippen LogP contribution in [0.2, 0.25) is 0 Å². The van der Waals surface area contributed by atoms with E-state index in [0.717, 1.165) is 16.7 Å². The summed E-state index contributed by atoms with van der Waals surface area (Å²) in [5, 5.41) is 1.32. The normalized spacial score (nSPS) is 18.1. The number of rotatable bonds is 5. The molecule has 0 aromatic heterocycles. The van der Waals surface area contributed by atoms with Crippen molar-refractivity contribution in [3.63, 3.8) is 0 Å². The summed E-state index contributed by atoms with van der Waals surface area (Å²) >= 11 is 0. The predicted octanol–water partition coefficient (Wildman–Crippen LogP) is 4.90. The van der Waals surface area contributed by atoms with Crippen LogP contribution in [-0.4, -0.2) is 26.1 Å². The molecular weight excluding hydrogens is 385 g/mol. The Hall–Kier alpha value is -2.92. The van der Waals surface area contributed by atoms with Gasteiger partial charge in [-0.15, -0.1) is 0 Å². The smallest absolute Gasteiger partial charge is 0.170 e. The lowest BCUT2D eigenvalue weighted by Gasteiger charge is -2.49. The van der Waals surface area contributed by atoms with Crippen LogP contribution in [0.4, 0.5) is 4.39 Å². The Morgan fingerprint density at radius 3 is 2.03 bits per heavy atom. The van der Waals surface area contributed by atoms with E-state index in [9.17, 15) is 12.8 Å². The topological polar surface area (TPSA) is 37.4 Å². The van der Waals surface area contributed by atoms with Crippen molar-refractivity contribution in [2.24, 2.45) is 0 Å². The number of likely N-dealkylation sites (tertiary alicyclic amines) is 1. The van der Waals surface area contributed by atoms with E-state index in [2.05, 4.69) is 4.90 Å². The van der Waals surface area contributed by atoms with Crippen molar-refractivity contribution in [3.8, 4) is 0 Å².